The summed E-state index contributed by atoms with van der Waals surface area (Å²) in [5.74, 6) is -1.82. The van der Waals surface area contributed by atoms with Crippen LogP contribution in [0.1, 0.15) is 33.3 Å². The fourth-order valence-corrected chi connectivity index (χ4v) is 4.10. The summed E-state index contributed by atoms with van der Waals surface area (Å²) >= 11 is 1.33. The van der Waals surface area contributed by atoms with Crippen molar-refractivity contribution in [1.29, 1.82) is 0 Å². The summed E-state index contributed by atoms with van der Waals surface area (Å²) in [6.45, 7) is 0. The second kappa shape index (κ2) is 7.47. The quantitative estimate of drug-likeness (QED) is 0.686. The number of nitrogens with one attached hydrogen (secondary N) is 2. The maximum Gasteiger partial charge on any atom is 0.257 e. The van der Waals surface area contributed by atoms with Gasteiger partial charge in [-0.15, -0.1) is 11.3 Å². The van der Waals surface area contributed by atoms with Crippen LogP contribution in [0.25, 0.3) is 0 Å². The Morgan fingerprint density at radius 1 is 0.964 bits per heavy atom. The molecule has 142 valence electrons. The molecule has 0 unspecified atom stereocenters. The van der Waals surface area contributed by atoms with Crippen molar-refractivity contribution in [3.05, 3.63) is 76.3 Å². The zero-order chi connectivity index (χ0) is 19.7. The summed E-state index contributed by atoms with van der Waals surface area (Å²) in [4.78, 5) is 30.2. The Kier molecular flexibility index (Phi) is 4.87. The number of hydrogen-bond donors (Lipinski definition) is 2. The van der Waals surface area contributed by atoms with Gasteiger partial charge in [0.05, 0.1) is 11.6 Å². The number of hydrogen-bond acceptors (Lipinski definition) is 4. The first-order valence-corrected chi connectivity index (χ1v) is 9.44. The van der Waals surface area contributed by atoms with E-state index in [9.17, 15) is 18.4 Å². The molecule has 5 nitrogen and oxygen atoms in total. The van der Waals surface area contributed by atoms with Crippen LogP contribution in [0.5, 0.6) is 0 Å². The van der Waals surface area contributed by atoms with Gasteiger partial charge in [0.2, 0.25) is 5.91 Å². The first kappa shape index (κ1) is 18.2. The number of benzene rings is 2. The number of fused-ring (bicyclic) bond motifs is 1. The average Bonchev–Trinajstić information content (AvgIpc) is 3.24. The van der Waals surface area contributed by atoms with Gasteiger partial charge in [0.25, 0.3) is 5.91 Å². The van der Waals surface area contributed by atoms with Crippen molar-refractivity contribution >= 4 is 34.0 Å². The van der Waals surface area contributed by atoms with Crippen LogP contribution in [0.15, 0.2) is 48.5 Å². The van der Waals surface area contributed by atoms with Crippen LogP contribution in [0.3, 0.4) is 0 Å². The topological polar surface area (TPSA) is 71.1 Å². The molecule has 1 aliphatic carbocycles. The summed E-state index contributed by atoms with van der Waals surface area (Å²) < 4.78 is 26.0. The molecule has 0 aliphatic heterocycles. The highest BCUT2D eigenvalue weighted by atomic mass is 32.1. The van der Waals surface area contributed by atoms with E-state index in [-0.39, 0.29) is 17.6 Å². The highest BCUT2D eigenvalue weighted by Gasteiger charge is 2.33. The van der Waals surface area contributed by atoms with Crippen molar-refractivity contribution < 1.29 is 18.4 Å². The SMILES string of the molecule is O=C(Nc1nc2c(s1)CC[C@H]2C(=O)Nc1ccc(F)cc1)c1ccc(F)cc1. The molecule has 0 saturated heterocycles. The molecule has 0 saturated carbocycles. The lowest BCUT2D eigenvalue weighted by Crippen LogP contribution is -2.20. The van der Waals surface area contributed by atoms with Gasteiger partial charge in [0.15, 0.2) is 5.13 Å². The normalized spacial score (nSPS) is 15.1. The number of nitrogens with zero attached hydrogens (tertiary/aromatic N) is 1. The summed E-state index contributed by atoms with van der Waals surface area (Å²) in [6.07, 6.45) is 1.33. The van der Waals surface area contributed by atoms with E-state index in [0.717, 1.165) is 4.88 Å². The number of carbonyl (C=O) groups excluding carboxylic acids is 2. The van der Waals surface area contributed by atoms with Crippen LogP contribution < -0.4 is 10.6 Å². The van der Waals surface area contributed by atoms with Gasteiger partial charge in [-0.05, 0) is 61.4 Å². The first-order chi connectivity index (χ1) is 13.5. The Morgan fingerprint density at radius 3 is 2.29 bits per heavy atom. The van der Waals surface area contributed by atoms with Crippen LogP contribution in [-0.4, -0.2) is 16.8 Å². The maximum absolute atomic E-state index is 13.0. The minimum Gasteiger partial charge on any atom is -0.326 e. The van der Waals surface area contributed by atoms with Gasteiger partial charge in [-0.2, -0.15) is 0 Å². The first-order valence-electron chi connectivity index (χ1n) is 8.62. The second-order valence-electron chi connectivity index (χ2n) is 6.38. The highest BCUT2D eigenvalue weighted by molar-refractivity contribution is 7.16. The molecule has 1 atom stereocenters. The Hall–Kier alpha value is -3.13. The largest absolute Gasteiger partial charge is 0.326 e. The molecule has 8 heteroatoms. The third kappa shape index (κ3) is 3.77. The van der Waals surface area contributed by atoms with E-state index < -0.39 is 11.7 Å². The summed E-state index contributed by atoms with van der Waals surface area (Å²) in [7, 11) is 0. The van der Waals surface area contributed by atoms with E-state index in [4.69, 9.17) is 0 Å². The van der Waals surface area contributed by atoms with Gasteiger partial charge in [0.1, 0.15) is 11.6 Å². The third-order valence-corrected chi connectivity index (χ3v) is 5.52. The van der Waals surface area contributed by atoms with Crippen LogP contribution in [0.4, 0.5) is 19.6 Å². The smallest absolute Gasteiger partial charge is 0.257 e. The molecular formula is C20H15F2N3O2S. The van der Waals surface area contributed by atoms with Crippen LogP contribution in [-0.2, 0) is 11.2 Å². The van der Waals surface area contributed by atoms with E-state index in [0.29, 0.717) is 34.9 Å². The molecular weight excluding hydrogens is 384 g/mol. The molecule has 0 spiro atoms. The zero-order valence-electron chi connectivity index (χ0n) is 14.5. The lowest BCUT2D eigenvalue weighted by molar-refractivity contribution is -0.117. The van der Waals surface area contributed by atoms with Crippen molar-refractivity contribution in [2.75, 3.05) is 10.6 Å². The van der Waals surface area contributed by atoms with Crippen molar-refractivity contribution in [3.8, 4) is 0 Å². The number of anilines is 2. The lowest BCUT2D eigenvalue weighted by atomic mass is 10.1. The Bertz CT molecular complexity index is 1030. The summed E-state index contributed by atoms with van der Waals surface area (Å²) in [6, 6.07) is 10.8. The van der Waals surface area contributed by atoms with E-state index in [1.807, 2.05) is 0 Å². The number of rotatable bonds is 4. The van der Waals surface area contributed by atoms with Gasteiger partial charge in [-0.3, -0.25) is 14.9 Å². The van der Waals surface area contributed by atoms with Gasteiger partial charge in [-0.1, -0.05) is 0 Å². The Balaban J connectivity index is 1.46. The molecule has 0 radical (unpaired) electrons. The number of aromatic nitrogens is 1. The lowest BCUT2D eigenvalue weighted by Gasteiger charge is -2.10. The Morgan fingerprint density at radius 2 is 1.61 bits per heavy atom. The van der Waals surface area contributed by atoms with Gasteiger partial charge in [0, 0.05) is 16.1 Å². The van der Waals surface area contributed by atoms with Crippen LogP contribution in [0.2, 0.25) is 0 Å². The minimum absolute atomic E-state index is 0.216. The molecule has 1 heterocycles. The second-order valence-corrected chi connectivity index (χ2v) is 7.46. The number of halogens is 2. The molecule has 1 aliphatic rings. The van der Waals surface area contributed by atoms with E-state index >= 15 is 0 Å². The standard InChI is InChI=1S/C20H15F2N3O2S/c21-12-3-1-11(2-4-12)18(26)25-20-24-17-15(9-10-16(17)28-20)19(27)23-14-7-5-13(22)6-8-14/h1-8,15H,9-10H2,(H,23,27)(H,24,25,26)/t15-/m1/s1. The summed E-state index contributed by atoms with van der Waals surface area (Å²) in [5, 5.41) is 5.87. The van der Waals surface area contributed by atoms with E-state index in [2.05, 4.69) is 15.6 Å². The van der Waals surface area contributed by atoms with Crippen LogP contribution >= 0.6 is 11.3 Å². The molecule has 4 rings (SSSR count). The predicted octanol–water partition coefficient (Wildman–Crippen LogP) is 4.34. The van der Waals surface area contributed by atoms with Gasteiger partial charge in [-0.25, -0.2) is 13.8 Å². The molecule has 2 aromatic carbocycles. The number of aryl methyl sites for hydroxylation is 1. The number of carbonyl (C=O) groups is 2. The van der Waals surface area contributed by atoms with Crippen LogP contribution in [0, 0.1) is 11.6 Å². The third-order valence-electron chi connectivity index (χ3n) is 4.47. The molecule has 1 aromatic heterocycles. The fraction of sp³-hybridized carbons (Fsp3) is 0.150. The van der Waals surface area contributed by atoms with Crippen molar-refractivity contribution in [2.24, 2.45) is 0 Å². The van der Waals surface area contributed by atoms with Crippen molar-refractivity contribution in [3.63, 3.8) is 0 Å². The molecule has 2 amide bonds. The van der Waals surface area contributed by atoms with Gasteiger partial charge < -0.3 is 5.32 Å². The zero-order valence-corrected chi connectivity index (χ0v) is 15.4. The van der Waals surface area contributed by atoms with Gasteiger partial charge >= 0.3 is 0 Å². The molecule has 3 aromatic rings. The van der Waals surface area contributed by atoms with Crippen molar-refractivity contribution in [2.45, 2.75) is 18.8 Å². The Labute approximate surface area is 163 Å². The molecule has 2 N–H and O–H groups in total. The summed E-state index contributed by atoms with van der Waals surface area (Å²) in [5.41, 5.74) is 1.49. The highest BCUT2D eigenvalue weighted by Crippen LogP contribution is 2.39. The van der Waals surface area contributed by atoms with E-state index in [1.165, 1.54) is 59.9 Å². The van der Waals surface area contributed by atoms with Crippen molar-refractivity contribution in [1.82, 2.24) is 4.98 Å². The minimum atomic E-state index is -0.423. The monoisotopic (exact) mass is 399 g/mol. The van der Waals surface area contributed by atoms with E-state index in [1.54, 1.807) is 0 Å². The molecule has 0 fully saturated rings. The number of thiazole rings is 1. The predicted molar refractivity (Wildman–Crippen MR) is 103 cm³/mol. The fourth-order valence-electron chi connectivity index (χ4n) is 3.07. The maximum atomic E-state index is 13.0. The molecule has 0 bridgehead atoms. The number of amides is 2. The average molecular weight is 399 g/mol. The molecule has 28 heavy (non-hydrogen) atoms.